The van der Waals surface area contributed by atoms with Gasteiger partial charge in [-0.05, 0) is 152 Å². The number of imidazole rings is 5. The van der Waals surface area contributed by atoms with Crippen LogP contribution in [0, 0.1) is 68.8 Å². The maximum Gasteiger partial charge on any atom is 2.00 e. The van der Waals surface area contributed by atoms with E-state index < -0.39 is 261 Å². The van der Waals surface area contributed by atoms with Gasteiger partial charge < -0.3 is 82.3 Å². The molecule has 3 N–H and O–H groups in total. The Morgan fingerprint density at radius 1 is 0.352 bits per heavy atom. The van der Waals surface area contributed by atoms with Crippen molar-refractivity contribution in [2.24, 2.45) is 0 Å². The summed E-state index contributed by atoms with van der Waals surface area (Å²) in [5, 5.41) is -0.534. The number of fused-ring (bicyclic) bond motifs is 5. The summed E-state index contributed by atoms with van der Waals surface area (Å²) in [7, 11) is -30.5. The summed E-state index contributed by atoms with van der Waals surface area (Å²) in [4.78, 5) is 57.1. The predicted molar refractivity (Wildman–Crippen MR) is 469 cm³/mol. The number of aromatic amines is 3. The fourth-order valence-corrected chi connectivity index (χ4v) is 15.7. The second-order valence-electron chi connectivity index (χ2n) is 24.4. The Morgan fingerprint density at radius 2 is 0.664 bits per heavy atom. The number of aromatic nitrogens is 15. The number of hydrogen-bond donors (Lipinski definition) is 3. The smallest absolute Gasteiger partial charge is 0.497 e. The van der Waals surface area contributed by atoms with E-state index in [0.717, 1.165) is 5.52 Å². The van der Waals surface area contributed by atoms with E-state index in [0.29, 0.717) is 55.6 Å². The molecule has 0 aliphatic rings. The van der Waals surface area contributed by atoms with Crippen molar-refractivity contribution in [1.82, 2.24) is 74.8 Å². The van der Waals surface area contributed by atoms with E-state index in [1.165, 1.54) is 81.0 Å². The van der Waals surface area contributed by atoms with Gasteiger partial charge in [-0.3, -0.25) is 46.0 Å². The van der Waals surface area contributed by atoms with Crippen LogP contribution in [0.5, 0.6) is 57.5 Å². The van der Waals surface area contributed by atoms with Crippen molar-refractivity contribution in [2.45, 2.75) is 123 Å². The molecule has 10 aromatic heterocycles. The molecule has 2 unspecified atom stereocenters. The number of nitrogens with one attached hydrogen (secondary N) is 3. The number of methoxy groups -OCH3 is 10. The minimum absolute atomic E-state index is 0. The molecule has 0 radical (unpaired) electrons. The standard InChI is InChI=1S/3C17H19N3O3S.2C17H18N3O3S.Mg.Na/c5*1-10-8-18-15(11(2)16(10)23-4)9-24(21)17-19-13-6-5-12(22-3)7-14(13)20-17;;/h3*5-8H,9H2,1-4H3,(H,19,20);2*5-8H,9H2,1-4H3;;/q;;;2*-1;+2;+1/t24-;;;2*24-;;/m0..10../s1/i1D3,2D3,3D3,4D3,8D;4D3,9D2;4D3;2*1D3,2D3,3D3,4D3,8D;;. The van der Waals surface area contributed by atoms with Crippen LogP contribution >= 0.6 is 0 Å². The van der Waals surface area contributed by atoms with Crippen molar-refractivity contribution in [3.63, 3.8) is 0 Å². The van der Waals surface area contributed by atoms with Crippen LogP contribution in [0.25, 0.3) is 55.2 Å². The molecular weight excluding hydrogens is 1680 g/mol. The van der Waals surface area contributed by atoms with Crippen molar-refractivity contribution in [3.8, 4) is 57.5 Å². The summed E-state index contributed by atoms with van der Waals surface area (Å²) < 4.78 is 469. The monoisotopic (exact) mass is 1820 g/mol. The summed E-state index contributed by atoms with van der Waals surface area (Å²) in [5.41, 5.74) is -4.14. The zero-order valence-corrected chi connectivity index (χ0v) is 71.9. The Bertz CT molecular complexity index is 7890. The van der Waals surface area contributed by atoms with E-state index in [1.807, 2.05) is 0 Å². The predicted octanol–water partition coefficient (Wildman–Crippen LogP) is 10.4. The van der Waals surface area contributed by atoms with Gasteiger partial charge in [-0.25, -0.2) is 15.0 Å². The summed E-state index contributed by atoms with van der Waals surface area (Å²) in [6.45, 7) is -12.4. The van der Waals surface area contributed by atoms with Crippen LogP contribution in [0.1, 0.15) is 149 Å². The first-order valence-electron chi connectivity index (χ1n) is 57.1. The van der Waals surface area contributed by atoms with E-state index in [1.54, 1.807) is 64.3 Å². The van der Waals surface area contributed by atoms with Gasteiger partial charge in [0.25, 0.3) is 0 Å². The maximum absolute atomic E-state index is 13.1. The third-order valence-electron chi connectivity index (χ3n) is 16.8. The van der Waals surface area contributed by atoms with Crippen molar-refractivity contribution in [1.29, 1.82) is 0 Å². The zero-order chi connectivity index (χ0) is 126. The number of pyridine rings is 5. The minimum atomic E-state index is -3.27. The SMILES string of the molecule is [2H]C([2H])([2H])Oc1c(C)cnc(C([2H])([2H])S(=O)c2nc3ccc(OC)cc3[nH]2)c1C.[2H]C([2H])([2H])Oc1c(C)cnc(CS(=O)c2nc3ccc(OC)cc3[nH]2)c1C.[2H]c1nc(C[S@@](=O)c2nc3cc(OC([2H])([2H])[2H])ccc3[n-]2)c(C([2H])([2H])[2H])c(OC([2H])([2H])[2H])c1C([2H])([2H])[2H].[2H]c1nc(C[S@](=O)c2nc3cc(OC([2H])([2H])[2H])ccc3[n-]2)c(C([2H])([2H])[2H])c(OC([2H])([2H])[2H])c1C([2H])([2H])[2H].[2H]c1nc(C[S@](=O)c2nc3ccc(OC([2H])([2H])[2H])cc3[nH]2)c(C([2H])([2H])[2H])c(OC([2H])([2H])[2H])c1C([2H])([2H])[2H].[Mg+2].[Na+]. The Labute approximate surface area is 822 Å². The second kappa shape index (κ2) is 43.7. The quantitative estimate of drug-likeness (QED) is 0.0447. The first-order chi connectivity index (χ1) is 76.1. The third kappa shape index (κ3) is 22.6. The van der Waals surface area contributed by atoms with Gasteiger partial charge in [0.15, 0.2) is 15.5 Å². The molecule has 15 aromatic rings. The molecule has 0 bridgehead atoms. The molecule has 122 heavy (non-hydrogen) atoms. The molecule has 0 aliphatic carbocycles. The molecule has 30 nitrogen and oxygen atoms in total. The van der Waals surface area contributed by atoms with Crippen molar-refractivity contribution in [3.05, 3.63) is 206 Å². The van der Waals surface area contributed by atoms with Gasteiger partial charge in [0.2, 0.25) is 0 Å². The first kappa shape index (κ1) is 49.3. The summed E-state index contributed by atoms with van der Waals surface area (Å²) in [5.74, 6) is -3.94. The van der Waals surface area contributed by atoms with Crippen molar-refractivity contribution in [2.75, 3.05) is 70.5 Å². The first-order valence-corrected chi connectivity index (χ1v) is 40.0. The summed E-state index contributed by atoms with van der Waals surface area (Å²) >= 11 is 0. The van der Waals surface area contributed by atoms with Gasteiger partial charge >= 0.3 is 52.6 Å². The van der Waals surface area contributed by atoms with Crippen molar-refractivity contribution < 1.29 is 162 Å². The molecular formula is C85H93MgN15NaO15S5+. The van der Waals surface area contributed by atoms with Gasteiger partial charge in [-0.1, -0.05) is 12.1 Å². The molecule has 0 aliphatic heterocycles. The van der Waals surface area contributed by atoms with Gasteiger partial charge in [0, 0.05) is 142 Å². The van der Waals surface area contributed by atoms with E-state index in [-0.39, 0.29) is 152 Å². The molecule has 15 rings (SSSR count). The van der Waals surface area contributed by atoms with Gasteiger partial charge in [0.1, 0.15) is 57.5 Å². The van der Waals surface area contributed by atoms with Crippen molar-refractivity contribution >= 4 is 132 Å². The third-order valence-corrected chi connectivity index (χ3v) is 22.3. The average Bonchev–Trinajstić information content (AvgIpc) is 1.62. The molecule has 0 saturated heterocycles. The topological polar surface area (TPSA) is 382 Å². The van der Waals surface area contributed by atoms with Gasteiger partial charge in [-0.2, -0.15) is 0 Å². The molecule has 0 spiro atoms. The van der Waals surface area contributed by atoms with Gasteiger partial charge in [0.05, 0.1) is 252 Å². The molecule has 0 amide bonds. The number of rotatable bonds is 25. The second-order valence-corrected chi connectivity index (χ2v) is 30.9. The Morgan fingerprint density at radius 3 is 1.02 bits per heavy atom. The van der Waals surface area contributed by atoms with Crippen LogP contribution in [0.15, 0.2) is 148 Å². The molecule has 0 fully saturated rings. The normalized spacial score (nSPS) is 19.4. The Balaban J connectivity index is 0.000000232. The van der Waals surface area contributed by atoms with Crippen LogP contribution < -0.4 is 86.9 Å². The van der Waals surface area contributed by atoms with Crippen LogP contribution in [0.3, 0.4) is 0 Å². The number of aryl methyl sites for hydroxylation is 2. The number of nitrogens with zero attached hydrogens (tertiary/aromatic N) is 12. The molecule has 5 aromatic carbocycles. The molecule has 5 atom stereocenters. The molecule has 0 saturated carbocycles. The summed E-state index contributed by atoms with van der Waals surface area (Å²) in [6.07, 6.45) is -0.0969. The largest absolute Gasteiger partial charge is 2.00 e. The maximum atomic E-state index is 13.1. The average molecular weight is 1820 g/mol. The van der Waals surface area contributed by atoms with E-state index >= 15 is 0 Å². The van der Waals surface area contributed by atoms with E-state index in [2.05, 4.69) is 74.8 Å². The number of ether oxygens (including phenoxy) is 10. The number of H-pyrrole nitrogens is 3. The number of benzene rings is 5. The fraction of sp³-hybridized carbons (Fsp3) is 0.294. The summed E-state index contributed by atoms with van der Waals surface area (Å²) in [6, 6.07) is 22.2. The molecule has 10 heterocycles. The minimum Gasteiger partial charge on any atom is -0.497 e. The van der Waals surface area contributed by atoms with Gasteiger partial charge in [-0.15, -0.1) is 0 Å². The van der Waals surface area contributed by atoms with Crippen LogP contribution in [0.4, 0.5) is 0 Å². The van der Waals surface area contributed by atoms with E-state index in [4.69, 9.17) is 112 Å². The number of hydrogen-bond acceptors (Lipinski definition) is 25. The molecule has 37 heteroatoms. The van der Waals surface area contributed by atoms with Crippen LogP contribution in [-0.2, 0) is 82.7 Å². The van der Waals surface area contributed by atoms with E-state index in [9.17, 15) is 21.0 Å². The zero-order valence-electron chi connectivity index (χ0n) is 111. The Kier molecular flexibility index (Phi) is 17.6. The Hall–Kier alpha value is -10.3. The van der Waals surface area contributed by atoms with Crippen LogP contribution in [0.2, 0.25) is 0 Å². The molecule has 630 valence electrons. The van der Waals surface area contributed by atoms with Crippen LogP contribution in [-0.4, -0.2) is 179 Å². The fourth-order valence-electron chi connectivity index (χ4n) is 10.7.